The lowest BCUT2D eigenvalue weighted by molar-refractivity contribution is 0.285. The second-order valence-electron chi connectivity index (χ2n) is 2.20. The molecule has 0 aliphatic heterocycles. The maximum atomic E-state index is 8.40. The Balaban J connectivity index is 2.88. The molecular weight excluding hydrogens is 128 g/mol. The Morgan fingerprint density at radius 1 is 0.800 bits per heavy atom. The second-order valence-corrected chi connectivity index (χ2v) is 2.20. The van der Waals surface area contributed by atoms with E-state index in [-0.39, 0.29) is 13.2 Å². The summed E-state index contributed by atoms with van der Waals surface area (Å²) in [5.41, 5.74) is 0. The van der Waals surface area contributed by atoms with E-state index >= 15 is 0 Å². The van der Waals surface area contributed by atoms with Crippen molar-refractivity contribution in [3.05, 3.63) is 12.2 Å². The Labute approximate surface area is 62.2 Å². The molecule has 2 N–H and O–H groups in total. The van der Waals surface area contributed by atoms with Gasteiger partial charge in [0.15, 0.2) is 0 Å². The minimum atomic E-state index is 0.233. The van der Waals surface area contributed by atoms with Gasteiger partial charge in [0.1, 0.15) is 0 Å². The average Bonchev–Trinajstić information content (AvgIpc) is 1.97. The smallest absolute Gasteiger partial charge is 0.0465 e. The number of aliphatic hydroxyl groups is 2. The lowest BCUT2D eigenvalue weighted by atomic mass is 10.2. The molecule has 2 nitrogen and oxygen atoms in total. The maximum Gasteiger partial charge on any atom is 0.0465 e. The van der Waals surface area contributed by atoms with Gasteiger partial charge < -0.3 is 10.2 Å². The fourth-order valence-electron chi connectivity index (χ4n) is 0.684. The monoisotopic (exact) mass is 144 g/mol. The first-order chi connectivity index (χ1) is 4.91. The highest BCUT2D eigenvalue weighted by Gasteiger charge is 1.81. The Kier molecular flexibility index (Phi) is 8.37. The molecule has 0 aliphatic rings. The molecule has 0 atom stereocenters. The van der Waals surface area contributed by atoms with Crippen LogP contribution >= 0.6 is 0 Å². The molecule has 0 amide bonds. The van der Waals surface area contributed by atoms with Gasteiger partial charge in [-0.2, -0.15) is 0 Å². The van der Waals surface area contributed by atoms with Crippen LogP contribution in [0.15, 0.2) is 12.2 Å². The van der Waals surface area contributed by atoms with Gasteiger partial charge in [0.05, 0.1) is 0 Å². The minimum Gasteiger partial charge on any atom is -0.396 e. The van der Waals surface area contributed by atoms with Gasteiger partial charge in [0.25, 0.3) is 0 Å². The fraction of sp³-hybridized carbons (Fsp3) is 0.750. The standard InChI is InChI=1S/C8H16O2/c9-7-5-3-1-2-4-6-8-10/h1,3,9-10H,2,4-8H2/b3-1+. The first-order valence-corrected chi connectivity index (χ1v) is 3.78. The molecule has 0 aromatic heterocycles. The zero-order chi connectivity index (χ0) is 7.66. The molecule has 10 heavy (non-hydrogen) atoms. The van der Waals surface area contributed by atoms with Crippen molar-refractivity contribution in [3.63, 3.8) is 0 Å². The van der Waals surface area contributed by atoms with E-state index in [1.165, 1.54) is 0 Å². The summed E-state index contributed by atoms with van der Waals surface area (Å²) in [4.78, 5) is 0. The number of aliphatic hydroxyl groups excluding tert-OH is 2. The van der Waals surface area contributed by atoms with Crippen LogP contribution in [0.4, 0.5) is 0 Å². The topological polar surface area (TPSA) is 40.5 Å². The predicted molar refractivity (Wildman–Crippen MR) is 41.8 cm³/mol. The molecule has 0 aromatic rings. The summed E-state index contributed by atoms with van der Waals surface area (Å²) >= 11 is 0. The van der Waals surface area contributed by atoms with Gasteiger partial charge in [-0.15, -0.1) is 0 Å². The molecule has 2 heteroatoms. The van der Waals surface area contributed by atoms with Crippen LogP contribution in [0.5, 0.6) is 0 Å². The summed E-state index contributed by atoms with van der Waals surface area (Å²) in [7, 11) is 0. The van der Waals surface area contributed by atoms with E-state index in [4.69, 9.17) is 10.2 Å². The number of rotatable bonds is 6. The van der Waals surface area contributed by atoms with Crippen LogP contribution in [0.3, 0.4) is 0 Å². The largest absolute Gasteiger partial charge is 0.396 e. The minimum absolute atomic E-state index is 0.233. The molecule has 0 radical (unpaired) electrons. The normalized spacial score (nSPS) is 11.0. The van der Waals surface area contributed by atoms with Crippen molar-refractivity contribution in [1.29, 1.82) is 0 Å². The maximum absolute atomic E-state index is 8.40. The van der Waals surface area contributed by atoms with E-state index in [0.29, 0.717) is 0 Å². The number of allylic oxidation sites excluding steroid dienone is 1. The third-order valence-corrected chi connectivity index (χ3v) is 1.24. The van der Waals surface area contributed by atoms with Crippen LogP contribution in [-0.2, 0) is 0 Å². The Morgan fingerprint density at radius 3 is 2.10 bits per heavy atom. The quantitative estimate of drug-likeness (QED) is 0.432. The Morgan fingerprint density at radius 2 is 1.50 bits per heavy atom. The highest BCUT2D eigenvalue weighted by Crippen LogP contribution is 1.95. The Hall–Kier alpha value is -0.340. The number of hydrogen-bond acceptors (Lipinski definition) is 2. The van der Waals surface area contributed by atoms with Gasteiger partial charge in [-0.1, -0.05) is 12.2 Å². The van der Waals surface area contributed by atoms with Gasteiger partial charge >= 0.3 is 0 Å². The SMILES string of the molecule is OCC/C=C/CCCCO. The molecule has 0 unspecified atom stereocenters. The summed E-state index contributed by atoms with van der Waals surface area (Å²) < 4.78 is 0. The third-order valence-electron chi connectivity index (χ3n) is 1.24. The van der Waals surface area contributed by atoms with E-state index in [2.05, 4.69) is 0 Å². The molecule has 0 rings (SSSR count). The predicted octanol–water partition coefficient (Wildman–Crippen LogP) is 1.09. The van der Waals surface area contributed by atoms with Gasteiger partial charge in [-0.3, -0.25) is 0 Å². The van der Waals surface area contributed by atoms with E-state index < -0.39 is 0 Å². The van der Waals surface area contributed by atoms with Crippen molar-refractivity contribution >= 4 is 0 Å². The summed E-state index contributed by atoms with van der Waals surface area (Å²) in [5.74, 6) is 0. The molecule has 0 saturated heterocycles. The lowest BCUT2D eigenvalue weighted by Crippen LogP contribution is -1.80. The van der Waals surface area contributed by atoms with E-state index in [0.717, 1.165) is 25.7 Å². The van der Waals surface area contributed by atoms with Crippen molar-refractivity contribution in [2.24, 2.45) is 0 Å². The summed E-state index contributed by atoms with van der Waals surface area (Å²) in [6.07, 6.45) is 7.70. The molecular formula is C8H16O2. The third kappa shape index (κ3) is 7.66. The van der Waals surface area contributed by atoms with Gasteiger partial charge in [-0.05, 0) is 25.7 Å². The molecule has 60 valence electrons. The first kappa shape index (κ1) is 9.66. The van der Waals surface area contributed by atoms with Gasteiger partial charge in [0.2, 0.25) is 0 Å². The van der Waals surface area contributed by atoms with Crippen LogP contribution in [0, 0.1) is 0 Å². The lowest BCUT2D eigenvalue weighted by Gasteiger charge is -1.90. The van der Waals surface area contributed by atoms with E-state index in [1.54, 1.807) is 0 Å². The highest BCUT2D eigenvalue weighted by atomic mass is 16.3. The summed E-state index contributed by atoms with van der Waals surface area (Å²) in [6, 6.07) is 0. The van der Waals surface area contributed by atoms with Crippen molar-refractivity contribution < 1.29 is 10.2 Å². The van der Waals surface area contributed by atoms with Gasteiger partial charge in [-0.25, -0.2) is 0 Å². The molecule has 0 spiro atoms. The van der Waals surface area contributed by atoms with Crippen molar-refractivity contribution in [2.75, 3.05) is 13.2 Å². The zero-order valence-corrected chi connectivity index (χ0v) is 6.29. The Bertz CT molecular complexity index is 79.3. The van der Waals surface area contributed by atoms with Gasteiger partial charge in [0, 0.05) is 13.2 Å². The van der Waals surface area contributed by atoms with Crippen LogP contribution in [0.2, 0.25) is 0 Å². The number of hydrogen-bond donors (Lipinski definition) is 2. The van der Waals surface area contributed by atoms with Crippen molar-refractivity contribution in [3.8, 4) is 0 Å². The molecule has 0 fully saturated rings. The zero-order valence-electron chi connectivity index (χ0n) is 6.29. The van der Waals surface area contributed by atoms with Crippen LogP contribution < -0.4 is 0 Å². The van der Waals surface area contributed by atoms with E-state index in [9.17, 15) is 0 Å². The average molecular weight is 144 g/mol. The van der Waals surface area contributed by atoms with Crippen molar-refractivity contribution in [2.45, 2.75) is 25.7 Å². The number of unbranched alkanes of at least 4 members (excludes halogenated alkanes) is 2. The van der Waals surface area contributed by atoms with Crippen molar-refractivity contribution in [1.82, 2.24) is 0 Å². The molecule has 0 aromatic carbocycles. The van der Waals surface area contributed by atoms with Crippen LogP contribution in [-0.4, -0.2) is 23.4 Å². The van der Waals surface area contributed by atoms with Crippen LogP contribution in [0.1, 0.15) is 25.7 Å². The second kappa shape index (κ2) is 8.66. The molecule has 0 saturated carbocycles. The van der Waals surface area contributed by atoms with E-state index in [1.807, 2.05) is 12.2 Å². The molecule has 0 aliphatic carbocycles. The molecule has 0 bridgehead atoms. The summed E-state index contributed by atoms with van der Waals surface area (Å²) in [5, 5.41) is 16.8. The highest BCUT2D eigenvalue weighted by molar-refractivity contribution is 4.80. The fourth-order valence-corrected chi connectivity index (χ4v) is 0.684. The van der Waals surface area contributed by atoms with Crippen LogP contribution in [0.25, 0.3) is 0 Å². The summed E-state index contributed by atoms with van der Waals surface area (Å²) in [6.45, 7) is 0.518. The first-order valence-electron chi connectivity index (χ1n) is 3.78. The molecule has 0 heterocycles.